The van der Waals surface area contributed by atoms with Gasteiger partial charge >= 0.3 is 0 Å². The van der Waals surface area contributed by atoms with Crippen molar-refractivity contribution >= 4 is 10.0 Å². The number of rotatable bonds is 5. The normalized spacial score (nSPS) is 12.7. The third-order valence-corrected chi connectivity index (χ3v) is 4.81. The van der Waals surface area contributed by atoms with E-state index in [0.717, 1.165) is 0 Å². The molecule has 5 nitrogen and oxygen atoms in total. The van der Waals surface area contributed by atoms with Crippen LogP contribution in [0, 0.1) is 22.7 Å². The maximum Gasteiger partial charge on any atom is 0.218 e. The van der Waals surface area contributed by atoms with Crippen LogP contribution in [0.5, 0.6) is 0 Å². The Balaban J connectivity index is 2.85. The Labute approximate surface area is 113 Å². The molecule has 1 atom stereocenters. The molecule has 0 saturated carbocycles. The molecule has 1 aromatic carbocycles. The molecule has 0 aliphatic heterocycles. The maximum absolute atomic E-state index is 12.1. The molecule has 0 fully saturated rings. The van der Waals surface area contributed by atoms with Crippen molar-refractivity contribution in [2.75, 3.05) is 7.05 Å². The summed E-state index contributed by atoms with van der Waals surface area (Å²) in [7, 11) is -1.98. The van der Waals surface area contributed by atoms with E-state index in [0.29, 0.717) is 11.1 Å². The van der Waals surface area contributed by atoms with E-state index >= 15 is 0 Å². The minimum Gasteiger partial charge on any atom is -0.212 e. The Kier molecular flexibility index (Phi) is 5.05. The summed E-state index contributed by atoms with van der Waals surface area (Å²) in [6, 6.07) is 10.0. The van der Waals surface area contributed by atoms with E-state index in [1.165, 1.54) is 11.4 Å². The van der Waals surface area contributed by atoms with Gasteiger partial charge in [0.1, 0.15) is 0 Å². The van der Waals surface area contributed by atoms with Gasteiger partial charge in [-0.2, -0.15) is 10.5 Å². The lowest BCUT2D eigenvalue weighted by atomic mass is 10.2. The van der Waals surface area contributed by atoms with Crippen LogP contribution in [0.25, 0.3) is 0 Å². The van der Waals surface area contributed by atoms with Gasteiger partial charge < -0.3 is 0 Å². The van der Waals surface area contributed by atoms with Crippen molar-refractivity contribution in [3.05, 3.63) is 35.4 Å². The Bertz CT molecular complexity index is 609. The summed E-state index contributed by atoms with van der Waals surface area (Å²) < 4.78 is 25.5. The number of nitriles is 2. The fourth-order valence-electron chi connectivity index (χ4n) is 1.52. The van der Waals surface area contributed by atoms with E-state index in [2.05, 4.69) is 0 Å². The average molecular weight is 277 g/mol. The fourth-order valence-corrected chi connectivity index (χ4v) is 2.96. The summed E-state index contributed by atoms with van der Waals surface area (Å²) in [6.07, 6.45) is 0.156. The van der Waals surface area contributed by atoms with Crippen molar-refractivity contribution in [2.24, 2.45) is 0 Å². The van der Waals surface area contributed by atoms with Crippen molar-refractivity contribution in [1.29, 1.82) is 10.5 Å². The molecule has 0 aromatic heterocycles. The van der Waals surface area contributed by atoms with Crippen molar-refractivity contribution in [3.8, 4) is 12.1 Å². The number of nitrogens with zero attached hydrogens (tertiary/aromatic N) is 3. The van der Waals surface area contributed by atoms with Gasteiger partial charge in [-0.1, -0.05) is 12.1 Å². The first kappa shape index (κ1) is 15.2. The molecule has 0 N–H and O–H groups in total. The van der Waals surface area contributed by atoms with Gasteiger partial charge in [0.05, 0.1) is 29.9 Å². The third kappa shape index (κ3) is 4.06. The highest BCUT2D eigenvalue weighted by Crippen LogP contribution is 2.14. The van der Waals surface area contributed by atoms with Crippen molar-refractivity contribution in [1.82, 2.24) is 4.31 Å². The predicted molar refractivity (Wildman–Crippen MR) is 71.2 cm³/mol. The first-order valence-electron chi connectivity index (χ1n) is 5.72. The van der Waals surface area contributed by atoms with Gasteiger partial charge in [-0.15, -0.1) is 0 Å². The summed E-state index contributed by atoms with van der Waals surface area (Å²) in [6.45, 7) is 1.69. The SMILES string of the molecule is CC(CC#N)N(C)S(=O)(=O)Cc1ccc(C#N)cc1. The number of hydrogen-bond donors (Lipinski definition) is 0. The molecular formula is C13H15N3O2S. The molecule has 6 heteroatoms. The summed E-state index contributed by atoms with van der Waals surface area (Å²) in [5, 5.41) is 17.3. The average Bonchev–Trinajstić information content (AvgIpc) is 2.38. The standard InChI is InChI=1S/C13H15N3O2S/c1-11(7-8-14)16(2)19(17,18)10-13-5-3-12(9-15)4-6-13/h3-6,11H,7,10H2,1-2H3. The third-order valence-electron chi connectivity index (χ3n) is 2.88. The minimum absolute atomic E-state index is 0.134. The molecule has 1 unspecified atom stereocenters. The zero-order valence-electron chi connectivity index (χ0n) is 10.9. The van der Waals surface area contributed by atoms with E-state index in [1.807, 2.05) is 12.1 Å². The maximum atomic E-state index is 12.1. The Morgan fingerprint density at radius 3 is 2.32 bits per heavy atom. The molecule has 0 saturated heterocycles. The second kappa shape index (κ2) is 6.33. The molecule has 0 heterocycles. The van der Waals surface area contributed by atoms with Crippen LogP contribution in [0.2, 0.25) is 0 Å². The second-order valence-corrected chi connectivity index (χ2v) is 6.32. The molecule has 100 valence electrons. The molecule has 1 aromatic rings. The molecule has 19 heavy (non-hydrogen) atoms. The first-order valence-corrected chi connectivity index (χ1v) is 7.33. The predicted octanol–water partition coefficient (Wildman–Crippen LogP) is 1.62. The van der Waals surface area contributed by atoms with Gasteiger partial charge in [0.25, 0.3) is 0 Å². The quantitative estimate of drug-likeness (QED) is 0.818. The molecular weight excluding hydrogens is 262 g/mol. The van der Waals surface area contributed by atoms with Crippen LogP contribution in [0.1, 0.15) is 24.5 Å². The first-order chi connectivity index (χ1) is 8.90. The molecule has 0 aliphatic rings. The van der Waals surface area contributed by atoms with Gasteiger partial charge in [-0.05, 0) is 24.6 Å². The summed E-state index contributed by atoms with van der Waals surface area (Å²) >= 11 is 0. The van der Waals surface area contributed by atoms with Crippen molar-refractivity contribution in [2.45, 2.75) is 25.1 Å². The largest absolute Gasteiger partial charge is 0.218 e. The molecule has 1 rings (SSSR count). The molecule has 0 spiro atoms. The van der Waals surface area contributed by atoms with E-state index < -0.39 is 10.0 Å². The number of sulfonamides is 1. The lowest BCUT2D eigenvalue weighted by molar-refractivity contribution is 0.392. The topological polar surface area (TPSA) is 85.0 Å². The lowest BCUT2D eigenvalue weighted by Gasteiger charge is -2.22. The molecule has 0 radical (unpaired) electrons. The summed E-state index contributed by atoms with van der Waals surface area (Å²) in [4.78, 5) is 0. The van der Waals surface area contributed by atoms with Crippen molar-refractivity contribution < 1.29 is 8.42 Å². The van der Waals surface area contributed by atoms with Gasteiger partial charge in [0, 0.05) is 13.1 Å². The Hall–Kier alpha value is -1.89. The smallest absolute Gasteiger partial charge is 0.212 e. The van der Waals surface area contributed by atoms with Crippen LogP contribution in [0.4, 0.5) is 0 Å². The van der Waals surface area contributed by atoms with Gasteiger partial charge in [-0.3, -0.25) is 0 Å². The highest BCUT2D eigenvalue weighted by Gasteiger charge is 2.23. The Morgan fingerprint density at radius 2 is 1.84 bits per heavy atom. The Morgan fingerprint density at radius 1 is 1.26 bits per heavy atom. The minimum atomic E-state index is -3.46. The van der Waals surface area contributed by atoms with Crippen LogP contribution >= 0.6 is 0 Å². The van der Waals surface area contributed by atoms with Crippen LogP contribution in [-0.2, 0) is 15.8 Å². The number of hydrogen-bond acceptors (Lipinski definition) is 4. The summed E-state index contributed by atoms with van der Waals surface area (Å²) in [5.74, 6) is -0.134. The lowest BCUT2D eigenvalue weighted by Crippen LogP contribution is -2.35. The van der Waals surface area contributed by atoms with Gasteiger partial charge in [-0.25, -0.2) is 12.7 Å². The van der Waals surface area contributed by atoms with Gasteiger partial charge in [0.2, 0.25) is 10.0 Å². The zero-order valence-corrected chi connectivity index (χ0v) is 11.7. The monoisotopic (exact) mass is 277 g/mol. The van der Waals surface area contributed by atoms with Crippen LogP contribution < -0.4 is 0 Å². The second-order valence-electron chi connectivity index (χ2n) is 4.29. The van der Waals surface area contributed by atoms with E-state index in [1.54, 1.807) is 31.2 Å². The highest BCUT2D eigenvalue weighted by atomic mass is 32.2. The van der Waals surface area contributed by atoms with E-state index in [9.17, 15) is 8.42 Å². The van der Waals surface area contributed by atoms with E-state index in [4.69, 9.17) is 10.5 Å². The summed E-state index contributed by atoms with van der Waals surface area (Å²) in [5.41, 5.74) is 1.11. The molecule has 0 bridgehead atoms. The van der Waals surface area contributed by atoms with E-state index in [-0.39, 0.29) is 18.2 Å². The molecule has 0 aliphatic carbocycles. The van der Waals surface area contributed by atoms with Crippen LogP contribution in [0.15, 0.2) is 24.3 Å². The van der Waals surface area contributed by atoms with Gasteiger partial charge in [0.15, 0.2) is 0 Å². The highest BCUT2D eigenvalue weighted by molar-refractivity contribution is 7.88. The molecule has 0 amide bonds. The fraction of sp³-hybridized carbons (Fsp3) is 0.385. The number of benzene rings is 1. The van der Waals surface area contributed by atoms with Crippen LogP contribution in [0.3, 0.4) is 0 Å². The zero-order chi connectivity index (χ0) is 14.5. The van der Waals surface area contributed by atoms with Crippen molar-refractivity contribution in [3.63, 3.8) is 0 Å². The van der Waals surface area contributed by atoms with Crippen LogP contribution in [-0.4, -0.2) is 25.8 Å².